The maximum absolute atomic E-state index is 13.6. The number of fused-ring (bicyclic) bond motifs is 1. The van der Waals surface area contributed by atoms with E-state index in [2.05, 4.69) is 11.9 Å². The average Bonchev–Trinajstić information content (AvgIpc) is 3.05. The van der Waals surface area contributed by atoms with Crippen molar-refractivity contribution in [3.63, 3.8) is 0 Å². The van der Waals surface area contributed by atoms with Gasteiger partial charge in [0.05, 0.1) is 16.1 Å². The molecule has 2 nitrogen and oxygen atoms in total. The molecule has 0 amide bonds. The van der Waals surface area contributed by atoms with Crippen LogP contribution in [0.25, 0.3) is 11.0 Å². The van der Waals surface area contributed by atoms with Crippen molar-refractivity contribution in [2.45, 2.75) is 32.7 Å². The quantitative estimate of drug-likeness (QED) is 0.812. The summed E-state index contributed by atoms with van der Waals surface area (Å²) < 4.78 is 16.2. The molecule has 0 aliphatic heterocycles. The molecule has 1 saturated carbocycles. The number of nitrogens with zero attached hydrogens (tertiary/aromatic N) is 1. The number of benzene rings is 1. The maximum atomic E-state index is 13.6. The lowest BCUT2D eigenvalue weighted by Crippen LogP contribution is -2.10. The molecule has 96 valence electrons. The molecule has 1 aromatic carbocycles. The third-order valence-corrected chi connectivity index (χ3v) is 4.63. The molecule has 0 unspecified atom stereocenters. The molecule has 1 aliphatic carbocycles. The van der Waals surface area contributed by atoms with Gasteiger partial charge in [0.15, 0.2) is 4.77 Å². The molecule has 1 fully saturated rings. The van der Waals surface area contributed by atoms with Crippen molar-refractivity contribution in [2.75, 3.05) is 0 Å². The van der Waals surface area contributed by atoms with Crippen molar-refractivity contribution in [1.29, 1.82) is 0 Å². The first-order valence-electron chi connectivity index (χ1n) is 6.12. The first-order valence-corrected chi connectivity index (χ1v) is 6.91. The Morgan fingerprint density at radius 3 is 2.83 bits per heavy atom. The number of nitrogens with one attached hydrogen (secondary N) is 1. The Kier molecular flexibility index (Phi) is 2.75. The maximum Gasteiger partial charge on any atom is 0.178 e. The zero-order valence-electron chi connectivity index (χ0n) is 10.1. The van der Waals surface area contributed by atoms with Crippen LogP contribution in [0.3, 0.4) is 0 Å². The third kappa shape index (κ3) is 1.88. The van der Waals surface area contributed by atoms with Crippen LogP contribution in [0.1, 0.15) is 26.2 Å². The summed E-state index contributed by atoms with van der Waals surface area (Å²) in [5.74, 6) is -0.395. The van der Waals surface area contributed by atoms with Gasteiger partial charge in [0, 0.05) is 12.6 Å². The van der Waals surface area contributed by atoms with E-state index in [1.807, 2.05) is 4.57 Å². The van der Waals surface area contributed by atoms with Crippen LogP contribution in [-0.2, 0) is 6.54 Å². The highest BCUT2D eigenvalue weighted by Gasteiger charge is 2.41. The van der Waals surface area contributed by atoms with Crippen molar-refractivity contribution >= 4 is 34.9 Å². The van der Waals surface area contributed by atoms with Crippen LogP contribution in [0, 0.1) is 16.0 Å². The van der Waals surface area contributed by atoms with Gasteiger partial charge in [-0.15, -0.1) is 0 Å². The van der Waals surface area contributed by atoms with E-state index in [1.54, 1.807) is 6.07 Å². The molecule has 18 heavy (non-hydrogen) atoms. The summed E-state index contributed by atoms with van der Waals surface area (Å²) in [5.41, 5.74) is 1.98. The third-order valence-electron chi connectivity index (χ3n) is 4.02. The Hall–Kier alpha value is -0.870. The van der Waals surface area contributed by atoms with Crippen molar-refractivity contribution in [1.82, 2.24) is 9.55 Å². The van der Waals surface area contributed by atoms with Gasteiger partial charge in [-0.2, -0.15) is 0 Å². The topological polar surface area (TPSA) is 20.7 Å². The fraction of sp³-hybridized carbons (Fsp3) is 0.462. The lowest BCUT2D eigenvalue weighted by atomic mass is 10.0. The van der Waals surface area contributed by atoms with Gasteiger partial charge in [-0.05, 0) is 43.0 Å². The predicted molar refractivity (Wildman–Crippen MR) is 74.0 cm³/mol. The van der Waals surface area contributed by atoms with E-state index in [-0.39, 0.29) is 5.02 Å². The van der Waals surface area contributed by atoms with Gasteiger partial charge in [0.2, 0.25) is 0 Å². The number of aromatic nitrogens is 2. The van der Waals surface area contributed by atoms with Crippen LogP contribution in [0.2, 0.25) is 5.02 Å². The predicted octanol–water partition coefficient (Wildman–Crippen LogP) is 4.68. The highest BCUT2D eigenvalue weighted by molar-refractivity contribution is 7.71. The number of hydrogen-bond acceptors (Lipinski definition) is 1. The highest BCUT2D eigenvalue weighted by atomic mass is 35.5. The minimum atomic E-state index is -0.395. The molecule has 2 aromatic rings. The SMILES string of the molecule is CCC1(Cn2c(=S)[nH]c3cc(Cl)c(F)cc32)CC1. The minimum Gasteiger partial charge on any atom is -0.331 e. The van der Waals surface area contributed by atoms with E-state index in [0.717, 1.165) is 24.0 Å². The fourth-order valence-electron chi connectivity index (χ4n) is 2.44. The normalized spacial score (nSPS) is 17.3. The Balaban J connectivity index is 2.13. The van der Waals surface area contributed by atoms with Gasteiger partial charge < -0.3 is 9.55 Å². The van der Waals surface area contributed by atoms with Crippen LogP contribution < -0.4 is 0 Å². The minimum absolute atomic E-state index is 0.127. The second-order valence-corrected chi connectivity index (χ2v) is 5.95. The summed E-state index contributed by atoms with van der Waals surface area (Å²) in [6.45, 7) is 3.06. The molecule has 1 aromatic heterocycles. The smallest absolute Gasteiger partial charge is 0.178 e. The fourth-order valence-corrected chi connectivity index (χ4v) is 2.88. The first-order chi connectivity index (χ1) is 8.54. The highest BCUT2D eigenvalue weighted by Crippen LogP contribution is 2.50. The van der Waals surface area contributed by atoms with E-state index in [1.165, 1.54) is 18.9 Å². The largest absolute Gasteiger partial charge is 0.331 e. The van der Waals surface area contributed by atoms with Crippen molar-refractivity contribution in [3.05, 3.63) is 27.7 Å². The lowest BCUT2D eigenvalue weighted by Gasteiger charge is -2.13. The molecule has 1 heterocycles. The number of aromatic amines is 1. The summed E-state index contributed by atoms with van der Waals surface area (Å²) >= 11 is 11.1. The van der Waals surface area contributed by atoms with Gasteiger partial charge in [0.1, 0.15) is 5.82 Å². The van der Waals surface area contributed by atoms with Crippen LogP contribution in [0.5, 0.6) is 0 Å². The molecule has 0 radical (unpaired) electrons. The number of imidazole rings is 1. The zero-order chi connectivity index (χ0) is 12.9. The molecule has 0 bridgehead atoms. The Morgan fingerprint density at radius 1 is 1.50 bits per heavy atom. The number of H-pyrrole nitrogens is 1. The molecule has 0 saturated heterocycles. The van der Waals surface area contributed by atoms with Gasteiger partial charge in [-0.1, -0.05) is 18.5 Å². The van der Waals surface area contributed by atoms with Gasteiger partial charge in [-0.25, -0.2) is 4.39 Å². The van der Waals surface area contributed by atoms with Gasteiger partial charge >= 0.3 is 0 Å². The van der Waals surface area contributed by atoms with E-state index >= 15 is 0 Å². The summed E-state index contributed by atoms with van der Waals surface area (Å²) in [5, 5.41) is 0.127. The molecule has 0 spiro atoms. The van der Waals surface area contributed by atoms with Crippen LogP contribution in [0.4, 0.5) is 4.39 Å². The molecular formula is C13H14ClFN2S. The molecule has 1 aliphatic rings. The molecule has 1 N–H and O–H groups in total. The summed E-state index contributed by atoms with van der Waals surface area (Å²) in [6.07, 6.45) is 3.60. The first kappa shape index (κ1) is 12.2. The second kappa shape index (κ2) is 4.07. The van der Waals surface area contributed by atoms with Crippen LogP contribution in [0.15, 0.2) is 12.1 Å². The van der Waals surface area contributed by atoms with E-state index in [9.17, 15) is 4.39 Å². The van der Waals surface area contributed by atoms with E-state index < -0.39 is 5.82 Å². The molecule has 3 rings (SSSR count). The van der Waals surface area contributed by atoms with Crippen LogP contribution in [-0.4, -0.2) is 9.55 Å². The standard InChI is InChI=1S/C13H14ClFN2S/c1-2-13(3-4-13)7-17-11-6-9(15)8(14)5-10(11)16-12(17)18/h5-6H,2-4,7H2,1H3,(H,16,18). The molecule has 0 atom stereocenters. The monoisotopic (exact) mass is 284 g/mol. The van der Waals surface area contributed by atoms with Gasteiger partial charge in [0.25, 0.3) is 0 Å². The summed E-state index contributed by atoms with van der Waals surface area (Å²) in [7, 11) is 0. The second-order valence-electron chi connectivity index (χ2n) is 5.15. The number of rotatable bonds is 3. The van der Waals surface area contributed by atoms with Crippen molar-refractivity contribution in [3.8, 4) is 0 Å². The Bertz CT molecular complexity index is 669. The average molecular weight is 285 g/mol. The van der Waals surface area contributed by atoms with E-state index in [0.29, 0.717) is 10.2 Å². The lowest BCUT2D eigenvalue weighted by molar-refractivity contribution is 0.412. The number of halogens is 2. The summed E-state index contributed by atoms with van der Waals surface area (Å²) in [4.78, 5) is 3.10. The van der Waals surface area contributed by atoms with Crippen molar-refractivity contribution in [2.24, 2.45) is 5.41 Å². The van der Waals surface area contributed by atoms with E-state index in [4.69, 9.17) is 23.8 Å². The molecular weight excluding hydrogens is 271 g/mol. The Labute approximate surface area is 115 Å². The number of hydrogen-bond donors (Lipinski definition) is 1. The summed E-state index contributed by atoms with van der Waals surface area (Å²) in [6, 6.07) is 3.07. The Morgan fingerprint density at radius 2 is 2.22 bits per heavy atom. The molecule has 5 heteroatoms. The zero-order valence-corrected chi connectivity index (χ0v) is 11.7. The van der Waals surface area contributed by atoms with Crippen LogP contribution >= 0.6 is 23.8 Å². The van der Waals surface area contributed by atoms with Gasteiger partial charge in [-0.3, -0.25) is 0 Å². The van der Waals surface area contributed by atoms with Crippen molar-refractivity contribution < 1.29 is 4.39 Å².